The van der Waals surface area contributed by atoms with Gasteiger partial charge in [0.1, 0.15) is 6.10 Å². The number of hydrogen-bond acceptors (Lipinski definition) is 3. The molecular formula is C17H24N2O3. The van der Waals surface area contributed by atoms with E-state index in [4.69, 9.17) is 4.74 Å². The lowest BCUT2D eigenvalue weighted by Crippen LogP contribution is -2.28. The van der Waals surface area contributed by atoms with Crippen molar-refractivity contribution < 1.29 is 14.3 Å². The van der Waals surface area contributed by atoms with Crippen LogP contribution in [0.25, 0.3) is 0 Å². The van der Waals surface area contributed by atoms with Gasteiger partial charge in [0.05, 0.1) is 6.61 Å². The molecule has 0 heterocycles. The van der Waals surface area contributed by atoms with Crippen molar-refractivity contribution in [2.75, 3.05) is 18.5 Å². The Morgan fingerprint density at radius 3 is 2.86 bits per heavy atom. The van der Waals surface area contributed by atoms with Gasteiger partial charge in [0.2, 0.25) is 0 Å². The van der Waals surface area contributed by atoms with E-state index in [1.165, 1.54) is 0 Å². The second-order valence-corrected chi connectivity index (χ2v) is 4.92. The molecule has 0 aliphatic rings. The van der Waals surface area contributed by atoms with E-state index in [1.807, 2.05) is 6.92 Å². The Labute approximate surface area is 131 Å². The molecule has 1 rings (SSSR count). The number of nitrogens with one attached hydrogen (secondary N) is 2. The molecule has 0 saturated heterocycles. The molecule has 0 radical (unpaired) electrons. The second kappa shape index (κ2) is 9.73. The van der Waals surface area contributed by atoms with Crippen LogP contribution < -0.4 is 10.6 Å². The Balaban J connectivity index is 2.60. The maximum atomic E-state index is 12.0. The molecule has 0 aromatic heterocycles. The van der Waals surface area contributed by atoms with Gasteiger partial charge in [-0.1, -0.05) is 19.1 Å². The number of carbonyl (C=O) groups is 2. The highest BCUT2D eigenvalue weighted by Gasteiger charge is 2.14. The lowest BCUT2D eigenvalue weighted by atomic mass is 10.2. The molecule has 2 amide bonds. The summed E-state index contributed by atoms with van der Waals surface area (Å²) in [7, 11) is 0. The van der Waals surface area contributed by atoms with Crippen LogP contribution in [0.5, 0.6) is 0 Å². The third-order valence-corrected chi connectivity index (χ3v) is 2.99. The van der Waals surface area contributed by atoms with E-state index in [1.54, 1.807) is 37.3 Å². The predicted molar refractivity (Wildman–Crippen MR) is 87.9 cm³/mol. The summed E-state index contributed by atoms with van der Waals surface area (Å²) >= 11 is 0. The first kappa shape index (κ1) is 17.9. The van der Waals surface area contributed by atoms with Gasteiger partial charge in [0.25, 0.3) is 11.8 Å². The summed E-state index contributed by atoms with van der Waals surface area (Å²) in [5, 5.41) is 5.55. The van der Waals surface area contributed by atoms with E-state index in [0.29, 0.717) is 30.8 Å². The van der Waals surface area contributed by atoms with Gasteiger partial charge in [-0.05, 0) is 38.0 Å². The van der Waals surface area contributed by atoms with Crippen molar-refractivity contribution in [3.8, 4) is 0 Å². The van der Waals surface area contributed by atoms with Gasteiger partial charge in [-0.25, -0.2) is 0 Å². The quantitative estimate of drug-likeness (QED) is 0.544. The van der Waals surface area contributed by atoms with Crippen molar-refractivity contribution in [2.45, 2.75) is 32.8 Å². The van der Waals surface area contributed by atoms with E-state index in [-0.39, 0.29) is 11.8 Å². The van der Waals surface area contributed by atoms with E-state index in [2.05, 4.69) is 17.2 Å². The van der Waals surface area contributed by atoms with Gasteiger partial charge in [-0.2, -0.15) is 0 Å². The molecule has 0 spiro atoms. The maximum Gasteiger partial charge on any atom is 0.253 e. The minimum absolute atomic E-state index is 0.145. The number of rotatable bonds is 9. The van der Waals surface area contributed by atoms with E-state index < -0.39 is 6.10 Å². The Kier molecular flexibility index (Phi) is 7.92. The number of benzene rings is 1. The predicted octanol–water partition coefficient (Wildman–Crippen LogP) is 2.75. The lowest BCUT2D eigenvalue weighted by molar-refractivity contribution is -0.126. The Morgan fingerprint density at radius 2 is 2.18 bits per heavy atom. The van der Waals surface area contributed by atoms with Gasteiger partial charge >= 0.3 is 0 Å². The van der Waals surface area contributed by atoms with Gasteiger partial charge < -0.3 is 15.4 Å². The topological polar surface area (TPSA) is 67.4 Å². The largest absolute Gasteiger partial charge is 0.368 e. The zero-order valence-corrected chi connectivity index (χ0v) is 13.2. The molecule has 2 N–H and O–H groups in total. The van der Waals surface area contributed by atoms with E-state index in [9.17, 15) is 9.59 Å². The van der Waals surface area contributed by atoms with Crippen LogP contribution in [0.3, 0.4) is 0 Å². The number of amides is 2. The molecule has 0 aliphatic carbocycles. The van der Waals surface area contributed by atoms with Crippen LogP contribution in [-0.2, 0) is 9.53 Å². The van der Waals surface area contributed by atoms with Crippen molar-refractivity contribution in [3.05, 3.63) is 42.5 Å². The zero-order valence-electron chi connectivity index (χ0n) is 13.2. The Hall–Kier alpha value is -2.14. The van der Waals surface area contributed by atoms with Gasteiger partial charge in [0, 0.05) is 17.8 Å². The van der Waals surface area contributed by atoms with Crippen molar-refractivity contribution in [3.63, 3.8) is 0 Å². The van der Waals surface area contributed by atoms with Crippen LogP contribution in [0.1, 0.15) is 37.0 Å². The third kappa shape index (κ3) is 6.10. The van der Waals surface area contributed by atoms with Crippen LogP contribution >= 0.6 is 0 Å². The molecule has 0 bridgehead atoms. The minimum atomic E-state index is -0.558. The number of anilines is 1. The Morgan fingerprint density at radius 1 is 1.41 bits per heavy atom. The average molecular weight is 304 g/mol. The normalized spacial score (nSPS) is 11.5. The first-order valence-corrected chi connectivity index (χ1v) is 7.50. The van der Waals surface area contributed by atoms with E-state index >= 15 is 0 Å². The van der Waals surface area contributed by atoms with Crippen molar-refractivity contribution in [1.82, 2.24) is 5.32 Å². The van der Waals surface area contributed by atoms with Crippen molar-refractivity contribution in [2.24, 2.45) is 0 Å². The summed E-state index contributed by atoms with van der Waals surface area (Å²) < 4.78 is 5.38. The summed E-state index contributed by atoms with van der Waals surface area (Å²) in [4.78, 5) is 23.9. The van der Waals surface area contributed by atoms with Crippen LogP contribution in [0.4, 0.5) is 5.69 Å². The third-order valence-electron chi connectivity index (χ3n) is 2.99. The van der Waals surface area contributed by atoms with Crippen LogP contribution in [0.2, 0.25) is 0 Å². The molecule has 1 atom stereocenters. The van der Waals surface area contributed by atoms with E-state index in [0.717, 1.165) is 6.42 Å². The number of carbonyl (C=O) groups excluding carboxylic acids is 2. The summed E-state index contributed by atoms with van der Waals surface area (Å²) in [5.41, 5.74) is 1.10. The molecule has 0 saturated carbocycles. The fourth-order valence-corrected chi connectivity index (χ4v) is 1.73. The minimum Gasteiger partial charge on any atom is -0.368 e. The monoisotopic (exact) mass is 304 g/mol. The molecule has 0 fully saturated rings. The average Bonchev–Trinajstić information content (AvgIpc) is 2.52. The Bertz CT molecular complexity index is 514. The molecule has 120 valence electrons. The second-order valence-electron chi connectivity index (χ2n) is 4.92. The molecule has 5 heteroatoms. The maximum absolute atomic E-state index is 12.0. The molecule has 1 unspecified atom stereocenters. The highest BCUT2D eigenvalue weighted by Crippen LogP contribution is 2.11. The lowest BCUT2D eigenvalue weighted by Gasteiger charge is -2.13. The molecule has 5 nitrogen and oxygen atoms in total. The fourth-order valence-electron chi connectivity index (χ4n) is 1.73. The summed E-state index contributed by atoms with van der Waals surface area (Å²) in [5.74, 6) is -0.386. The molecule has 0 aliphatic heterocycles. The molecular weight excluding hydrogens is 280 g/mol. The zero-order chi connectivity index (χ0) is 16.4. The molecule has 22 heavy (non-hydrogen) atoms. The number of ether oxygens (including phenoxy) is 1. The SMILES string of the molecule is C=CCCOC(C)C(=O)Nc1cccc(C(=O)NCCC)c1. The summed E-state index contributed by atoms with van der Waals surface area (Å²) in [6.45, 7) is 8.37. The van der Waals surface area contributed by atoms with Crippen LogP contribution in [0, 0.1) is 0 Å². The van der Waals surface area contributed by atoms with Crippen molar-refractivity contribution >= 4 is 17.5 Å². The fraction of sp³-hybridized carbons (Fsp3) is 0.412. The first-order chi connectivity index (χ1) is 10.6. The first-order valence-electron chi connectivity index (χ1n) is 7.50. The van der Waals surface area contributed by atoms with Crippen LogP contribution in [-0.4, -0.2) is 31.1 Å². The molecule has 1 aromatic rings. The smallest absolute Gasteiger partial charge is 0.253 e. The van der Waals surface area contributed by atoms with Crippen LogP contribution in [0.15, 0.2) is 36.9 Å². The standard InChI is InChI=1S/C17H24N2O3/c1-4-6-11-22-13(3)16(20)19-15-9-7-8-14(12-15)17(21)18-10-5-2/h4,7-9,12-13H,1,5-6,10-11H2,2-3H3,(H,18,21)(H,19,20). The summed E-state index contributed by atoms with van der Waals surface area (Å²) in [6.07, 6.45) is 2.76. The van der Waals surface area contributed by atoms with Crippen molar-refractivity contribution in [1.29, 1.82) is 0 Å². The van der Waals surface area contributed by atoms with Gasteiger partial charge in [-0.3, -0.25) is 9.59 Å². The highest BCUT2D eigenvalue weighted by molar-refractivity contribution is 5.98. The summed E-state index contributed by atoms with van der Waals surface area (Å²) in [6, 6.07) is 6.84. The highest BCUT2D eigenvalue weighted by atomic mass is 16.5. The van der Waals surface area contributed by atoms with Gasteiger partial charge in [-0.15, -0.1) is 6.58 Å². The molecule has 1 aromatic carbocycles. The number of hydrogen-bond donors (Lipinski definition) is 2. The van der Waals surface area contributed by atoms with Gasteiger partial charge in [0.15, 0.2) is 0 Å².